The zero-order valence-electron chi connectivity index (χ0n) is 6.55. The van der Waals surface area contributed by atoms with Crippen molar-refractivity contribution >= 4 is 5.71 Å². The Morgan fingerprint density at radius 1 is 1.60 bits per heavy atom. The van der Waals surface area contributed by atoms with Gasteiger partial charge in [0.15, 0.2) is 0 Å². The SMILES string of the molecule is CC1CC(C2(C)CC2)=NO1. The van der Waals surface area contributed by atoms with Crippen LogP contribution >= 0.6 is 0 Å². The van der Waals surface area contributed by atoms with Crippen molar-refractivity contribution in [1.82, 2.24) is 0 Å². The second-order valence-corrected chi connectivity index (χ2v) is 3.72. The molecule has 1 atom stereocenters. The molecule has 2 rings (SSSR count). The molecular formula is C8H13NO. The Labute approximate surface area is 61.2 Å². The van der Waals surface area contributed by atoms with Crippen LogP contribution in [0.15, 0.2) is 5.16 Å². The lowest BCUT2D eigenvalue weighted by molar-refractivity contribution is 0.0994. The number of oxime groups is 1. The smallest absolute Gasteiger partial charge is 0.130 e. The Morgan fingerprint density at radius 3 is 2.70 bits per heavy atom. The molecule has 0 saturated heterocycles. The molecule has 1 heterocycles. The van der Waals surface area contributed by atoms with Crippen LogP contribution in [0.1, 0.15) is 33.1 Å². The van der Waals surface area contributed by atoms with E-state index in [2.05, 4.69) is 19.0 Å². The normalized spacial score (nSPS) is 35.0. The Kier molecular flexibility index (Phi) is 1.08. The molecule has 2 nitrogen and oxygen atoms in total. The Bertz CT molecular complexity index is 182. The summed E-state index contributed by atoms with van der Waals surface area (Å²) in [4.78, 5) is 5.12. The highest BCUT2D eigenvalue weighted by Crippen LogP contribution is 2.48. The molecule has 0 aromatic carbocycles. The second-order valence-electron chi connectivity index (χ2n) is 3.72. The van der Waals surface area contributed by atoms with E-state index in [1.165, 1.54) is 18.6 Å². The van der Waals surface area contributed by atoms with E-state index in [4.69, 9.17) is 4.84 Å². The maximum Gasteiger partial charge on any atom is 0.130 e. The van der Waals surface area contributed by atoms with Crippen LogP contribution in [0.4, 0.5) is 0 Å². The Morgan fingerprint density at radius 2 is 2.30 bits per heavy atom. The van der Waals surface area contributed by atoms with Crippen molar-refractivity contribution in [3.63, 3.8) is 0 Å². The molecule has 0 aromatic rings. The van der Waals surface area contributed by atoms with Crippen molar-refractivity contribution in [2.75, 3.05) is 0 Å². The van der Waals surface area contributed by atoms with Crippen molar-refractivity contribution in [2.24, 2.45) is 10.6 Å². The van der Waals surface area contributed by atoms with Crippen molar-refractivity contribution in [1.29, 1.82) is 0 Å². The molecule has 0 N–H and O–H groups in total. The monoisotopic (exact) mass is 139 g/mol. The minimum Gasteiger partial charge on any atom is -0.392 e. The predicted octanol–water partition coefficient (Wildman–Crippen LogP) is 1.95. The molecule has 2 heteroatoms. The highest BCUT2D eigenvalue weighted by Gasteiger charge is 2.44. The van der Waals surface area contributed by atoms with Gasteiger partial charge in [0, 0.05) is 11.8 Å². The number of hydrogen-bond donors (Lipinski definition) is 0. The minimum absolute atomic E-state index is 0.326. The lowest BCUT2D eigenvalue weighted by atomic mass is 9.99. The van der Waals surface area contributed by atoms with Crippen LogP contribution in [0.3, 0.4) is 0 Å². The first-order chi connectivity index (χ1) is 4.71. The fourth-order valence-electron chi connectivity index (χ4n) is 1.33. The molecule has 1 unspecified atom stereocenters. The molecule has 1 aliphatic carbocycles. The van der Waals surface area contributed by atoms with E-state index in [0.29, 0.717) is 11.5 Å². The summed E-state index contributed by atoms with van der Waals surface area (Å²) in [5, 5.41) is 4.07. The molecule has 1 saturated carbocycles. The topological polar surface area (TPSA) is 21.6 Å². The third-order valence-electron chi connectivity index (χ3n) is 2.52. The van der Waals surface area contributed by atoms with Gasteiger partial charge in [0.05, 0.1) is 5.71 Å². The highest BCUT2D eigenvalue weighted by molar-refractivity contribution is 5.92. The molecule has 2 aliphatic rings. The van der Waals surface area contributed by atoms with E-state index in [-0.39, 0.29) is 0 Å². The van der Waals surface area contributed by atoms with Gasteiger partial charge in [-0.2, -0.15) is 0 Å². The van der Waals surface area contributed by atoms with Gasteiger partial charge in [0.2, 0.25) is 0 Å². The van der Waals surface area contributed by atoms with Crippen molar-refractivity contribution < 1.29 is 4.84 Å². The maximum absolute atomic E-state index is 5.12. The van der Waals surface area contributed by atoms with Gasteiger partial charge in [-0.3, -0.25) is 0 Å². The first-order valence-corrected chi connectivity index (χ1v) is 3.94. The molecule has 0 amide bonds. The van der Waals surface area contributed by atoms with Gasteiger partial charge >= 0.3 is 0 Å². The lowest BCUT2D eigenvalue weighted by Gasteiger charge is -2.03. The molecule has 0 radical (unpaired) electrons. The van der Waals surface area contributed by atoms with Gasteiger partial charge in [-0.25, -0.2) is 0 Å². The molecule has 0 bridgehead atoms. The van der Waals surface area contributed by atoms with Crippen molar-refractivity contribution in [3.05, 3.63) is 0 Å². The molecule has 0 aromatic heterocycles. The van der Waals surface area contributed by atoms with Crippen LogP contribution in [0.2, 0.25) is 0 Å². The summed E-state index contributed by atoms with van der Waals surface area (Å²) >= 11 is 0. The average Bonchev–Trinajstić information content (AvgIpc) is 2.45. The van der Waals surface area contributed by atoms with Crippen LogP contribution in [0.5, 0.6) is 0 Å². The molecule has 1 fully saturated rings. The molecule has 0 spiro atoms. The summed E-state index contributed by atoms with van der Waals surface area (Å²) < 4.78 is 0. The maximum atomic E-state index is 5.12. The highest BCUT2D eigenvalue weighted by atomic mass is 16.6. The summed E-state index contributed by atoms with van der Waals surface area (Å²) in [6.45, 7) is 4.34. The summed E-state index contributed by atoms with van der Waals surface area (Å²) in [7, 11) is 0. The zero-order chi connectivity index (χ0) is 7.19. The first-order valence-electron chi connectivity index (χ1n) is 3.94. The quantitative estimate of drug-likeness (QED) is 0.544. The number of rotatable bonds is 1. The van der Waals surface area contributed by atoms with Crippen LogP contribution in [-0.2, 0) is 4.84 Å². The van der Waals surface area contributed by atoms with Crippen LogP contribution in [0, 0.1) is 5.41 Å². The summed E-state index contributed by atoms with van der Waals surface area (Å²) in [5.41, 5.74) is 1.73. The zero-order valence-corrected chi connectivity index (χ0v) is 6.55. The van der Waals surface area contributed by atoms with E-state index in [1.807, 2.05) is 0 Å². The van der Waals surface area contributed by atoms with Gasteiger partial charge < -0.3 is 4.84 Å². The number of nitrogens with zero attached hydrogens (tertiary/aromatic N) is 1. The first kappa shape index (κ1) is 6.20. The fraction of sp³-hybridized carbons (Fsp3) is 0.875. The Hall–Kier alpha value is -0.530. The van der Waals surface area contributed by atoms with E-state index < -0.39 is 0 Å². The summed E-state index contributed by atoms with van der Waals surface area (Å²) in [6, 6.07) is 0. The predicted molar refractivity (Wildman–Crippen MR) is 39.9 cm³/mol. The van der Waals surface area contributed by atoms with E-state index >= 15 is 0 Å². The number of hydrogen-bond acceptors (Lipinski definition) is 2. The largest absolute Gasteiger partial charge is 0.392 e. The van der Waals surface area contributed by atoms with Crippen LogP contribution in [-0.4, -0.2) is 11.8 Å². The van der Waals surface area contributed by atoms with Crippen molar-refractivity contribution in [2.45, 2.75) is 39.2 Å². The fourth-order valence-corrected chi connectivity index (χ4v) is 1.33. The minimum atomic E-state index is 0.326. The van der Waals surface area contributed by atoms with Crippen molar-refractivity contribution in [3.8, 4) is 0 Å². The molecular weight excluding hydrogens is 126 g/mol. The van der Waals surface area contributed by atoms with Gasteiger partial charge in [-0.15, -0.1) is 0 Å². The average molecular weight is 139 g/mol. The Balaban J connectivity index is 2.07. The van der Waals surface area contributed by atoms with E-state index in [0.717, 1.165) is 6.42 Å². The third kappa shape index (κ3) is 0.825. The molecule has 1 aliphatic heterocycles. The summed E-state index contributed by atoms with van der Waals surface area (Å²) in [5.74, 6) is 0. The summed E-state index contributed by atoms with van der Waals surface area (Å²) in [6.07, 6.45) is 3.99. The van der Waals surface area contributed by atoms with Gasteiger partial charge in [-0.05, 0) is 19.8 Å². The van der Waals surface area contributed by atoms with E-state index in [9.17, 15) is 0 Å². The van der Waals surface area contributed by atoms with Crippen LogP contribution in [0.25, 0.3) is 0 Å². The van der Waals surface area contributed by atoms with Crippen LogP contribution < -0.4 is 0 Å². The molecule has 10 heavy (non-hydrogen) atoms. The van der Waals surface area contributed by atoms with Gasteiger partial charge in [0.25, 0.3) is 0 Å². The standard InChI is InChI=1S/C8H13NO/c1-6-5-7(9-10-6)8(2)3-4-8/h6H,3-5H2,1-2H3. The molecule has 56 valence electrons. The third-order valence-corrected chi connectivity index (χ3v) is 2.52. The van der Waals surface area contributed by atoms with Gasteiger partial charge in [0.1, 0.15) is 6.10 Å². The van der Waals surface area contributed by atoms with Gasteiger partial charge in [-0.1, -0.05) is 12.1 Å². The second kappa shape index (κ2) is 1.74. The lowest BCUT2D eigenvalue weighted by Crippen LogP contribution is -2.11. The van der Waals surface area contributed by atoms with E-state index in [1.54, 1.807) is 0 Å².